The third-order valence-corrected chi connectivity index (χ3v) is 5.30. The van der Waals surface area contributed by atoms with Gasteiger partial charge in [-0.3, -0.25) is 9.89 Å². The Balaban J connectivity index is 0.00000364. The van der Waals surface area contributed by atoms with Crippen LogP contribution >= 0.6 is 35.3 Å². The van der Waals surface area contributed by atoms with E-state index in [9.17, 15) is 13.2 Å². The van der Waals surface area contributed by atoms with Crippen molar-refractivity contribution in [2.75, 3.05) is 32.7 Å². The lowest BCUT2D eigenvalue weighted by molar-refractivity contribution is -0.143. The summed E-state index contributed by atoms with van der Waals surface area (Å²) in [4.78, 5) is 11.9. The summed E-state index contributed by atoms with van der Waals surface area (Å²) >= 11 is 1.71. The van der Waals surface area contributed by atoms with Crippen molar-refractivity contribution in [3.63, 3.8) is 0 Å². The minimum absolute atomic E-state index is 0. The highest BCUT2D eigenvalue weighted by molar-refractivity contribution is 14.0. The fourth-order valence-corrected chi connectivity index (χ4v) is 4.06. The maximum absolute atomic E-state index is 12.5. The number of likely N-dealkylation sites (tertiary alicyclic amines) is 1. The second kappa shape index (κ2) is 11.4. The van der Waals surface area contributed by atoms with Gasteiger partial charge < -0.3 is 10.6 Å². The molecule has 2 rings (SSSR count). The molecule has 0 bridgehead atoms. The van der Waals surface area contributed by atoms with Crippen LogP contribution in [0.5, 0.6) is 0 Å². The quantitative estimate of drug-likeness (QED) is 0.330. The van der Waals surface area contributed by atoms with Gasteiger partial charge in [0.25, 0.3) is 0 Å². The van der Waals surface area contributed by atoms with Crippen LogP contribution in [0.25, 0.3) is 0 Å². The topological polar surface area (TPSA) is 52.6 Å². The zero-order valence-corrected chi connectivity index (χ0v) is 19.2. The van der Waals surface area contributed by atoms with Gasteiger partial charge in [-0.15, -0.1) is 35.3 Å². The molecule has 2 N–H and O–H groups in total. The fourth-order valence-electron chi connectivity index (χ4n) is 3.05. The van der Waals surface area contributed by atoms with Crippen LogP contribution in [-0.2, 0) is 12.8 Å². The molecule has 5 nitrogen and oxygen atoms in total. The molecule has 0 aromatic carbocycles. The summed E-state index contributed by atoms with van der Waals surface area (Å²) in [5.74, 6) is 0.662. The van der Waals surface area contributed by atoms with E-state index in [0.29, 0.717) is 38.6 Å². The van der Waals surface area contributed by atoms with Crippen LogP contribution in [0, 0.1) is 6.92 Å². The van der Waals surface area contributed by atoms with E-state index in [1.807, 2.05) is 6.92 Å². The predicted molar refractivity (Wildman–Crippen MR) is 115 cm³/mol. The lowest BCUT2D eigenvalue weighted by Crippen LogP contribution is -2.45. The molecule has 0 aliphatic carbocycles. The monoisotopic (exact) mass is 519 g/mol. The molecule has 0 saturated carbocycles. The number of hydrogen-bond donors (Lipinski definition) is 2. The molecule has 0 spiro atoms. The zero-order chi connectivity index (χ0) is 19.2. The van der Waals surface area contributed by atoms with Gasteiger partial charge in [0, 0.05) is 43.5 Å². The maximum atomic E-state index is 12.5. The molecule has 10 heteroatoms. The van der Waals surface area contributed by atoms with Crippen molar-refractivity contribution in [3.05, 3.63) is 15.6 Å². The standard InChI is InChI=1S/C17H28F3N5S.HI/c1-4-14-12(3)26-15(24-14)6-8-22-16(21-5-2)23-13-7-9-25(10-13)11-17(18,19)20;/h13H,4-11H2,1-3H3,(H2,21,22,23);1H. The Bertz CT molecular complexity index is 606. The Morgan fingerprint density at radius 1 is 1.37 bits per heavy atom. The van der Waals surface area contributed by atoms with E-state index < -0.39 is 12.7 Å². The molecule has 1 fully saturated rings. The van der Waals surface area contributed by atoms with Gasteiger partial charge in [-0.05, 0) is 26.7 Å². The highest BCUT2D eigenvalue weighted by Gasteiger charge is 2.34. The molecule has 1 atom stereocenters. The Morgan fingerprint density at radius 3 is 2.70 bits per heavy atom. The van der Waals surface area contributed by atoms with Crippen molar-refractivity contribution in [3.8, 4) is 0 Å². The molecule has 1 aliphatic rings. The molecule has 2 heterocycles. The van der Waals surface area contributed by atoms with E-state index in [-0.39, 0.29) is 30.0 Å². The van der Waals surface area contributed by atoms with Gasteiger partial charge in [-0.2, -0.15) is 13.2 Å². The number of thiazole rings is 1. The molecule has 27 heavy (non-hydrogen) atoms. The van der Waals surface area contributed by atoms with Crippen LogP contribution in [0.1, 0.15) is 35.8 Å². The van der Waals surface area contributed by atoms with Gasteiger partial charge in [-0.25, -0.2) is 4.98 Å². The molecule has 1 saturated heterocycles. The number of hydrogen-bond acceptors (Lipinski definition) is 4. The normalized spacial score (nSPS) is 18.4. The Labute approximate surface area is 180 Å². The Hall–Kier alpha value is -0.620. The van der Waals surface area contributed by atoms with Crippen molar-refractivity contribution in [1.82, 2.24) is 20.5 Å². The third kappa shape index (κ3) is 8.51. The first kappa shape index (κ1) is 24.4. The van der Waals surface area contributed by atoms with Crippen LogP contribution in [0.3, 0.4) is 0 Å². The second-order valence-electron chi connectivity index (χ2n) is 6.45. The van der Waals surface area contributed by atoms with Gasteiger partial charge in [0.1, 0.15) is 0 Å². The number of aryl methyl sites for hydroxylation is 2. The predicted octanol–water partition coefficient (Wildman–Crippen LogP) is 3.37. The number of nitrogens with zero attached hydrogens (tertiary/aromatic N) is 3. The van der Waals surface area contributed by atoms with Crippen molar-refractivity contribution in [1.29, 1.82) is 0 Å². The van der Waals surface area contributed by atoms with Crippen molar-refractivity contribution < 1.29 is 13.2 Å². The number of halogens is 4. The largest absolute Gasteiger partial charge is 0.401 e. The molecule has 1 aromatic rings. The van der Waals surface area contributed by atoms with Crippen LogP contribution in [-0.4, -0.2) is 60.8 Å². The zero-order valence-electron chi connectivity index (χ0n) is 16.0. The molecule has 1 aromatic heterocycles. The van der Waals surface area contributed by atoms with Crippen LogP contribution in [0.2, 0.25) is 0 Å². The van der Waals surface area contributed by atoms with Crippen LogP contribution in [0.15, 0.2) is 4.99 Å². The van der Waals surface area contributed by atoms with Crippen LogP contribution in [0.4, 0.5) is 13.2 Å². The van der Waals surface area contributed by atoms with Crippen molar-refractivity contribution >= 4 is 41.3 Å². The number of aromatic nitrogens is 1. The summed E-state index contributed by atoms with van der Waals surface area (Å²) in [6.45, 7) is 7.46. The summed E-state index contributed by atoms with van der Waals surface area (Å²) in [5, 5.41) is 7.51. The third-order valence-electron chi connectivity index (χ3n) is 4.23. The summed E-state index contributed by atoms with van der Waals surface area (Å²) in [6.07, 6.45) is -1.75. The smallest absolute Gasteiger partial charge is 0.357 e. The van der Waals surface area contributed by atoms with E-state index in [4.69, 9.17) is 0 Å². The average molecular weight is 519 g/mol. The molecule has 0 radical (unpaired) electrons. The Morgan fingerprint density at radius 2 is 2.11 bits per heavy atom. The molecule has 1 unspecified atom stereocenters. The Kier molecular flexibility index (Phi) is 10.3. The molecular formula is C17H29F3IN5S. The van der Waals surface area contributed by atoms with E-state index in [1.54, 1.807) is 11.3 Å². The minimum atomic E-state index is -4.14. The van der Waals surface area contributed by atoms with Gasteiger partial charge in [-0.1, -0.05) is 6.92 Å². The average Bonchev–Trinajstić information content (AvgIpc) is 3.12. The van der Waals surface area contributed by atoms with E-state index in [0.717, 1.165) is 23.5 Å². The van der Waals surface area contributed by atoms with Gasteiger partial charge in [0.15, 0.2) is 5.96 Å². The fraction of sp³-hybridized carbons (Fsp3) is 0.765. The van der Waals surface area contributed by atoms with Gasteiger partial charge >= 0.3 is 6.18 Å². The van der Waals surface area contributed by atoms with Crippen LogP contribution < -0.4 is 10.6 Å². The number of nitrogens with one attached hydrogen (secondary N) is 2. The van der Waals surface area contributed by atoms with Crippen molar-refractivity contribution in [2.45, 2.75) is 52.3 Å². The molecule has 1 aliphatic heterocycles. The highest BCUT2D eigenvalue weighted by atomic mass is 127. The number of guanidine groups is 1. The minimum Gasteiger partial charge on any atom is -0.357 e. The summed E-state index contributed by atoms with van der Waals surface area (Å²) in [7, 11) is 0. The first-order valence-electron chi connectivity index (χ1n) is 9.09. The molecule has 156 valence electrons. The summed E-state index contributed by atoms with van der Waals surface area (Å²) < 4.78 is 37.5. The van der Waals surface area contributed by atoms with E-state index in [2.05, 4.69) is 34.5 Å². The van der Waals surface area contributed by atoms with E-state index in [1.165, 1.54) is 9.78 Å². The van der Waals surface area contributed by atoms with Gasteiger partial charge in [0.2, 0.25) is 0 Å². The number of rotatable bonds is 7. The first-order valence-corrected chi connectivity index (χ1v) is 9.91. The van der Waals surface area contributed by atoms with E-state index >= 15 is 0 Å². The second-order valence-corrected chi connectivity index (χ2v) is 7.74. The van der Waals surface area contributed by atoms with Gasteiger partial charge in [0.05, 0.1) is 17.2 Å². The van der Waals surface area contributed by atoms with Crippen molar-refractivity contribution in [2.24, 2.45) is 4.99 Å². The summed E-state index contributed by atoms with van der Waals surface area (Å²) in [6, 6.07) is -0.0102. The lowest BCUT2D eigenvalue weighted by atomic mass is 10.3. The number of alkyl halides is 3. The highest BCUT2D eigenvalue weighted by Crippen LogP contribution is 2.20. The molecule has 0 amide bonds. The first-order chi connectivity index (χ1) is 12.3. The number of aliphatic imine (C=N–C) groups is 1. The lowest BCUT2D eigenvalue weighted by Gasteiger charge is -2.19. The summed E-state index contributed by atoms with van der Waals surface area (Å²) in [5.41, 5.74) is 1.15. The maximum Gasteiger partial charge on any atom is 0.401 e. The SMILES string of the molecule is CCNC(=NCCc1nc(CC)c(C)s1)NC1CCN(CC(F)(F)F)C1.I. The molecular weight excluding hydrogens is 490 g/mol.